The number of Topliss-reactive ketones (excluding diaryl/α,β-unsaturated/α-hetero) is 1. The molecule has 0 aromatic carbocycles. The van der Waals surface area contributed by atoms with E-state index in [1.165, 1.54) is 20.8 Å². The zero-order valence-corrected chi connectivity index (χ0v) is 33.2. The molecule has 1 saturated heterocycles. The summed E-state index contributed by atoms with van der Waals surface area (Å²) in [7, 11) is -16.4. The minimum atomic E-state index is -5.59. The number of ether oxygens (including phenoxy) is 1. The van der Waals surface area contributed by atoms with Gasteiger partial charge in [-0.15, -0.1) is 0 Å². The van der Waals surface area contributed by atoms with Crippen LogP contribution >= 0.6 is 35.2 Å². The van der Waals surface area contributed by atoms with Gasteiger partial charge in [0.25, 0.3) is 0 Å². The maximum atomic E-state index is 12.7. The first-order chi connectivity index (χ1) is 25.8. The number of carbonyl (C=O) groups is 4. The number of thioether (sulfide) groups is 1. The second-order valence-electron chi connectivity index (χ2n) is 12.7. The number of nitrogens with two attached hydrogens (primary N) is 1. The summed E-state index contributed by atoms with van der Waals surface area (Å²) >= 11 is 0.718. The van der Waals surface area contributed by atoms with Gasteiger partial charge in [-0.25, -0.2) is 28.6 Å². The molecule has 1 aliphatic heterocycles. The van der Waals surface area contributed by atoms with E-state index in [4.69, 9.17) is 19.5 Å². The summed E-state index contributed by atoms with van der Waals surface area (Å²) in [5, 5.41) is 35.1. The fraction of sp³-hybridized carbons (Fsp3) is 0.654. The van der Waals surface area contributed by atoms with Gasteiger partial charge in [0.2, 0.25) is 16.9 Å². The number of phosphoric acid groups is 3. The third kappa shape index (κ3) is 14.2. The van der Waals surface area contributed by atoms with Crippen LogP contribution < -0.4 is 16.4 Å². The predicted octanol–water partition coefficient (Wildman–Crippen LogP) is -2.00. The molecular weight excluding hydrogens is 839 g/mol. The third-order valence-corrected chi connectivity index (χ3v) is 11.6. The number of amides is 2. The molecule has 2 amide bonds. The Balaban J connectivity index is 1.49. The van der Waals surface area contributed by atoms with E-state index in [1.54, 1.807) is 0 Å². The van der Waals surface area contributed by atoms with E-state index in [0.717, 1.165) is 29.0 Å². The minimum absolute atomic E-state index is 0.0187. The zero-order valence-electron chi connectivity index (χ0n) is 29.7. The molecule has 11 N–H and O–H groups in total. The summed E-state index contributed by atoms with van der Waals surface area (Å²) in [5.74, 6) is -1.89. The molecule has 3 unspecified atom stereocenters. The van der Waals surface area contributed by atoms with Crippen LogP contribution in [0.5, 0.6) is 0 Å². The number of nitrogens with zero attached hydrogens (tertiary/aromatic N) is 4. The number of rotatable bonds is 22. The van der Waals surface area contributed by atoms with Crippen molar-refractivity contribution in [2.24, 2.45) is 5.41 Å². The van der Waals surface area contributed by atoms with Crippen molar-refractivity contribution in [1.29, 1.82) is 0 Å². The van der Waals surface area contributed by atoms with Gasteiger partial charge in [0.15, 0.2) is 17.7 Å². The first-order valence-corrected chi connectivity index (χ1v) is 21.6. The Morgan fingerprint density at radius 2 is 1.70 bits per heavy atom. The molecule has 0 saturated carbocycles. The van der Waals surface area contributed by atoms with Crippen LogP contribution in [0.2, 0.25) is 0 Å². The maximum absolute atomic E-state index is 12.7. The lowest BCUT2D eigenvalue weighted by molar-refractivity contribution is -0.137. The zero-order chi connectivity index (χ0) is 42.2. The van der Waals surface area contributed by atoms with Gasteiger partial charge in [0.1, 0.15) is 48.1 Å². The number of hydrogen-bond donors (Lipinski definition) is 10. The monoisotopic (exact) mass is 881 g/mol. The van der Waals surface area contributed by atoms with Gasteiger partial charge in [0.05, 0.1) is 19.5 Å². The lowest BCUT2D eigenvalue weighted by atomic mass is 9.87. The van der Waals surface area contributed by atoms with Gasteiger partial charge in [-0.1, -0.05) is 25.6 Å². The number of nitrogen functional groups attached to an aromatic ring is 1. The number of fused-ring (bicyclic) bond motifs is 1. The first-order valence-electron chi connectivity index (χ1n) is 16.1. The Hall–Kier alpha value is -2.81. The van der Waals surface area contributed by atoms with Crippen molar-refractivity contribution < 1.29 is 90.4 Å². The molecule has 3 heterocycles. The van der Waals surface area contributed by atoms with E-state index >= 15 is 0 Å². The topological polar surface area (TPSA) is 401 Å². The lowest BCUT2D eigenvalue weighted by Gasteiger charge is -2.30. The van der Waals surface area contributed by atoms with Crippen LogP contribution in [-0.2, 0) is 55.5 Å². The van der Waals surface area contributed by atoms with Gasteiger partial charge in [-0.3, -0.25) is 37.3 Å². The van der Waals surface area contributed by atoms with Gasteiger partial charge < -0.3 is 56.0 Å². The van der Waals surface area contributed by atoms with Crippen LogP contribution in [0.15, 0.2) is 12.7 Å². The largest absolute Gasteiger partial charge is 0.481 e. The van der Waals surface area contributed by atoms with E-state index in [0.29, 0.717) is 0 Å². The number of carbonyl (C=O) groups excluding carboxylic acids is 4. The molecular formula is C26H42N7O19P3S. The van der Waals surface area contributed by atoms with E-state index in [2.05, 4.69) is 34.4 Å². The predicted molar refractivity (Wildman–Crippen MR) is 188 cm³/mol. The second-order valence-corrected chi connectivity index (χ2v) is 18.0. The van der Waals surface area contributed by atoms with Crippen molar-refractivity contribution in [2.45, 2.75) is 70.4 Å². The number of imidazole rings is 1. The van der Waals surface area contributed by atoms with Gasteiger partial charge in [-0.05, 0) is 6.92 Å². The number of aliphatic hydroxyl groups excluding tert-OH is 3. The van der Waals surface area contributed by atoms with Crippen LogP contribution in [0.25, 0.3) is 11.2 Å². The maximum Gasteiger partial charge on any atom is 0.481 e. The fourth-order valence-corrected chi connectivity index (χ4v) is 8.24. The molecule has 0 bridgehead atoms. The van der Waals surface area contributed by atoms with Crippen LogP contribution in [-0.4, -0.2) is 140 Å². The van der Waals surface area contributed by atoms with Crippen molar-refractivity contribution in [1.82, 2.24) is 30.2 Å². The molecule has 8 atom stereocenters. The highest BCUT2D eigenvalue weighted by molar-refractivity contribution is 8.13. The molecule has 2 aromatic heterocycles. The quantitative estimate of drug-likeness (QED) is 0.0452. The van der Waals surface area contributed by atoms with Crippen LogP contribution in [0.1, 0.15) is 39.8 Å². The summed E-state index contributed by atoms with van der Waals surface area (Å²) in [6, 6.07) is 0. The molecule has 56 heavy (non-hydrogen) atoms. The number of aliphatic hydroxyl groups is 3. The summed E-state index contributed by atoms with van der Waals surface area (Å²) in [5.41, 5.74) is 4.19. The average Bonchev–Trinajstić information content (AvgIpc) is 3.64. The van der Waals surface area contributed by atoms with Gasteiger partial charge in [-0.2, -0.15) is 4.31 Å². The normalized spacial score (nSPS) is 22.2. The highest BCUT2D eigenvalue weighted by Crippen LogP contribution is 2.61. The van der Waals surface area contributed by atoms with Crippen molar-refractivity contribution in [2.75, 3.05) is 37.8 Å². The third-order valence-electron chi connectivity index (χ3n) is 7.50. The Morgan fingerprint density at radius 1 is 1.04 bits per heavy atom. The Bertz CT molecular complexity index is 1880. The van der Waals surface area contributed by atoms with Crippen LogP contribution in [0.3, 0.4) is 0 Å². The molecule has 316 valence electrons. The average molecular weight is 882 g/mol. The summed E-state index contributed by atoms with van der Waals surface area (Å²) in [6.07, 6.45) is -8.90. The van der Waals surface area contributed by atoms with Crippen LogP contribution in [0.4, 0.5) is 5.82 Å². The summed E-state index contributed by atoms with van der Waals surface area (Å²) < 4.78 is 61.9. The molecule has 0 spiro atoms. The Kier molecular flexibility index (Phi) is 16.8. The lowest BCUT2D eigenvalue weighted by Crippen LogP contribution is -2.46. The number of anilines is 1. The summed E-state index contributed by atoms with van der Waals surface area (Å²) in [4.78, 5) is 98.1. The smallest absolute Gasteiger partial charge is 0.386 e. The summed E-state index contributed by atoms with van der Waals surface area (Å²) in [6.45, 7) is 1.35. The highest BCUT2D eigenvalue weighted by Gasteiger charge is 2.50. The number of nitrogens with one attached hydrogen (secondary N) is 2. The standard InChI is InChI=1S/C26H42N7O19P3S/c1-13(34)8-14(35)25(40)56-7-6-28-16(36)4-5-29-23(39)20(38)26(2,3)10-49-55(46,47)52-54(44,45)48-9-15-19(51-53(41,42)43)18(37)24(50-15)33-12-32-17-21(27)30-11-31-22(17)33/h11-12,14-15,18-20,24,35,37-38H,4-10H2,1-3H3,(H,28,36)(H,29,39)(H,44,45)(H,46,47)(H2,27,30,31)(H2,41,42,43)/t14?,15-,18-,19-,20+,24-/m1/s1. The molecule has 2 aromatic rings. The van der Waals surface area contributed by atoms with Crippen molar-refractivity contribution >= 4 is 74.9 Å². The number of ketones is 1. The van der Waals surface area contributed by atoms with Gasteiger partial charge in [0, 0.05) is 37.1 Å². The van der Waals surface area contributed by atoms with Crippen LogP contribution in [0, 0.1) is 5.41 Å². The SMILES string of the molecule is CC(=O)CC(O)C(=O)SCCNC(=O)CCNC(=O)[C@H](O)C(C)(C)COP(=O)(O)OP(=O)(O)OC[C@H]1O[C@@H](n2cnc3c(N)ncnc32)[C@H](O)[C@@H]1OP(=O)(O)O. The molecule has 1 aliphatic rings. The van der Waals surface area contributed by atoms with E-state index in [1.807, 2.05) is 0 Å². The van der Waals surface area contributed by atoms with Crippen molar-refractivity contribution in [3.8, 4) is 0 Å². The molecule has 0 radical (unpaired) electrons. The number of phosphoric ester groups is 3. The van der Waals surface area contributed by atoms with E-state index in [9.17, 15) is 67.8 Å². The van der Waals surface area contributed by atoms with E-state index < -0.39 is 95.8 Å². The molecule has 26 nitrogen and oxygen atoms in total. The number of hydrogen-bond acceptors (Lipinski definition) is 20. The highest BCUT2D eigenvalue weighted by atomic mass is 32.2. The minimum Gasteiger partial charge on any atom is -0.386 e. The molecule has 3 rings (SSSR count). The molecule has 1 fully saturated rings. The molecule has 0 aliphatic carbocycles. The first kappa shape index (κ1) is 47.6. The Labute approximate surface area is 321 Å². The molecule has 30 heteroatoms. The fourth-order valence-electron chi connectivity index (χ4n) is 4.73. The number of aromatic nitrogens is 4. The van der Waals surface area contributed by atoms with Gasteiger partial charge >= 0.3 is 23.5 Å². The Morgan fingerprint density at radius 3 is 2.34 bits per heavy atom. The van der Waals surface area contributed by atoms with E-state index in [-0.39, 0.29) is 54.4 Å². The van der Waals surface area contributed by atoms with Crippen molar-refractivity contribution in [3.63, 3.8) is 0 Å². The van der Waals surface area contributed by atoms with Crippen molar-refractivity contribution in [3.05, 3.63) is 12.7 Å². The second kappa shape index (κ2) is 19.8.